The van der Waals surface area contributed by atoms with Crippen LogP contribution in [0.5, 0.6) is 0 Å². The van der Waals surface area contributed by atoms with Gasteiger partial charge in [0.1, 0.15) is 12.2 Å². The molecule has 114 valence electrons. The van der Waals surface area contributed by atoms with Gasteiger partial charge in [-0.1, -0.05) is 44.2 Å². The molecule has 2 aromatic rings. The van der Waals surface area contributed by atoms with Crippen molar-refractivity contribution in [2.24, 2.45) is 5.92 Å². The van der Waals surface area contributed by atoms with E-state index in [2.05, 4.69) is 59.6 Å². The third-order valence-corrected chi connectivity index (χ3v) is 3.68. The number of hydrogen-bond donors (Lipinski definition) is 1. The highest BCUT2D eigenvalue weighted by Crippen LogP contribution is 2.18. The van der Waals surface area contributed by atoms with Gasteiger partial charge in [-0.3, -0.25) is 0 Å². The molecule has 0 saturated carbocycles. The first kappa shape index (κ1) is 15.7. The number of aromatic nitrogens is 3. The minimum absolute atomic E-state index is 0.410. The molecule has 2 rings (SSSR count). The smallest absolute Gasteiger partial charge is 0.138 e. The fourth-order valence-corrected chi connectivity index (χ4v) is 2.61. The summed E-state index contributed by atoms with van der Waals surface area (Å²) in [5.41, 5.74) is 1.35. The second kappa shape index (κ2) is 7.93. The average molecular weight is 286 g/mol. The second-order valence-electron chi connectivity index (χ2n) is 5.90. The van der Waals surface area contributed by atoms with Crippen molar-refractivity contribution < 1.29 is 0 Å². The van der Waals surface area contributed by atoms with Crippen molar-refractivity contribution in [3.63, 3.8) is 0 Å². The quantitative estimate of drug-likeness (QED) is 0.810. The summed E-state index contributed by atoms with van der Waals surface area (Å²) in [4.78, 5) is 4.40. The average Bonchev–Trinajstić information content (AvgIpc) is 2.91. The van der Waals surface area contributed by atoms with Gasteiger partial charge in [0.2, 0.25) is 0 Å². The number of nitrogens with zero attached hydrogens (tertiary/aromatic N) is 3. The van der Waals surface area contributed by atoms with Crippen LogP contribution in [0, 0.1) is 5.92 Å². The predicted octanol–water partition coefficient (Wildman–Crippen LogP) is 3.22. The highest BCUT2D eigenvalue weighted by molar-refractivity contribution is 5.18. The summed E-state index contributed by atoms with van der Waals surface area (Å²) >= 11 is 0. The molecule has 21 heavy (non-hydrogen) atoms. The Hall–Kier alpha value is -1.68. The van der Waals surface area contributed by atoms with E-state index >= 15 is 0 Å². The molecule has 0 amide bonds. The van der Waals surface area contributed by atoms with Crippen LogP contribution in [0.25, 0.3) is 0 Å². The van der Waals surface area contributed by atoms with Gasteiger partial charge in [-0.15, -0.1) is 0 Å². The minimum atomic E-state index is 0.410. The maximum absolute atomic E-state index is 4.40. The standard InChI is InChI=1S/C17H26N4/c1-14(2)12-21-17(19-13-20-21)11-7-10-16(18-3)15-8-5-4-6-9-15/h4-6,8-9,13-14,16,18H,7,10-12H2,1-3H3. The van der Waals surface area contributed by atoms with Crippen molar-refractivity contribution in [2.75, 3.05) is 7.05 Å². The van der Waals surface area contributed by atoms with Crippen LogP contribution in [0.2, 0.25) is 0 Å². The van der Waals surface area contributed by atoms with E-state index in [1.807, 2.05) is 11.7 Å². The van der Waals surface area contributed by atoms with Gasteiger partial charge in [0, 0.05) is 19.0 Å². The Morgan fingerprint density at radius 1 is 1.19 bits per heavy atom. The van der Waals surface area contributed by atoms with Gasteiger partial charge >= 0.3 is 0 Å². The summed E-state index contributed by atoms with van der Waals surface area (Å²) in [7, 11) is 2.03. The normalized spacial score (nSPS) is 12.8. The number of nitrogens with one attached hydrogen (secondary N) is 1. The highest BCUT2D eigenvalue weighted by Gasteiger charge is 2.10. The molecule has 4 nitrogen and oxygen atoms in total. The van der Waals surface area contributed by atoms with Crippen LogP contribution in [0.15, 0.2) is 36.7 Å². The SMILES string of the molecule is CNC(CCCc1ncnn1CC(C)C)c1ccccc1. The van der Waals surface area contributed by atoms with E-state index in [4.69, 9.17) is 0 Å². The van der Waals surface area contributed by atoms with Crippen molar-refractivity contribution in [3.05, 3.63) is 48.0 Å². The lowest BCUT2D eigenvalue weighted by atomic mass is 10.0. The summed E-state index contributed by atoms with van der Waals surface area (Å²) in [6.45, 7) is 5.36. The van der Waals surface area contributed by atoms with Crippen LogP contribution >= 0.6 is 0 Å². The molecule has 0 aliphatic carbocycles. The molecule has 0 aliphatic rings. The molecule has 1 atom stereocenters. The van der Waals surface area contributed by atoms with Crippen molar-refractivity contribution in [1.29, 1.82) is 0 Å². The highest BCUT2D eigenvalue weighted by atomic mass is 15.3. The van der Waals surface area contributed by atoms with Gasteiger partial charge < -0.3 is 5.32 Å². The molecular formula is C17H26N4. The number of aryl methyl sites for hydroxylation is 1. The van der Waals surface area contributed by atoms with E-state index < -0.39 is 0 Å². The van der Waals surface area contributed by atoms with Crippen LogP contribution in [0.1, 0.15) is 44.1 Å². The van der Waals surface area contributed by atoms with Gasteiger partial charge in [-0.25, -0.2) is 9.67 Å². The third kappa shape index (κ3) is 4.67. The maximum atomic E-state index is 4.40. The summed E-state index contributed by atoms with van der Waals surface area (Å²) in [5.74, 6) is 1.70. The Morgan fingerprint density at radius 2 is 1.95 bits per heavy atom. The molecule has 0 spiro atoms. The molecule has 0 bridgehead atoms. The second-order valence-corrected chi connectivity index (χ2v) is 5.90. The van der Waals surface area contributed by atoms with Crippen LogP contribution in [0.4, 0.5) is 0 Å². The summed E-state index contributed by atoms with van der Waals surface area (Å²) in [6.07, 6.45) is 4.87. The molecule has 0 fully saturated rings. The van der Waals surface area contributed by atoms with Crippen LogP contribution in [-0.2, 0) is 13.0 Å². The van der Waals surface area contributed by atoms with E-state index in [1.54, 1.807) is 6.33 Å². The fourth-order valence-electron chi connectivity index (χ4n) is 2.61. The zero-order valence-electron chi connectivity index (χ0n) is 13.3. The number of benzene rings is 1. The lowest BCUT2D eigenvalue weighted by Crippen LogP contribution is -2.17. The van der Waals surface area contributed by atoms with Crippen LogP contribution in [-0.4, -0.2) is 21.8 Å². The molecule has 1 unspecified atom stereocenters. The third-order valence-electron chi connectivity index (χ3n) is 3.68. The Kier molecular flexibility index (Phi) is 5.93. The summed E-state index contributed by atoms with van der Waals surface area (Å²) in [5, 5.41) is 7.72. The Morgan fingerprint density at radius 3 is 2.62 bits per heavy atom. The van der Waals surface area contributed by atoms with Gasteiger partial charge in [-0.05, 0) is 31.4 Å². The first-order valence-corrected chi connectivity index (χ1v) is 7.79. The first-order chi connectivity index (χ1) is 10.2. The van der Waals surface area contributed by atoms with Crippen molar-refractivity contribution >= 4 is 0 Å². The largest absolute Gasteiger partial charge is 0.313 e. The van der Waals surface area contributed by atoms with Crippen LogP contribution < -0.4 is 5.32 Å². The van der Waals surface area contributed by atoms with Gasteiger partial charge in [0.25, 0.3) is 0 Å². The minimum Gasteiger partial charge on any atom is -0.313 e. The molecule has 0 saturated heterocycles. The molecule has 4 heteroatoms. The molecular weight excluding hydrogens is 260 g/mol. The van der Waals surface area contributed by atoms with Gasteiger partial charge in [0.05, 0.1) is 0 Å². The van der Waals surface area contributed by atoms with Crippen molar-refractivity contribution in [3.8, 4) is 0 Å². The van der Waals surface area contributed by atoms with Crippen molar-refractivity contribution in [1.82, 2.24) is 20.1 Å². The monoisotopic (exact) mass is 286 g/mol. The van der Waals surface area contributed by atoms with E-state index in [0.717, 1.165) is 31.6 Å². The lowest BCUT2D eigenvalue weighted by molar-refractivity contribution is 0.455. The van der Waals surface area contributed by atoms with E-state index in [0.29, 0.717) is 12.0 Å². The van der Waals surface area contributed by atoms with E-state index in [9.17, 15) is 0 Å². The van der Waals surface area contributed by atoms with Gasteiger partial charge in [0.15, 0.2) is 0 Å². The summed E-state index contributed by atoms with van der Waals surface area (Å²) < 4.78 is 2.04. The zero-order valence-corrected chi connectivity index (χ0v) is 13.3. The Balaban J connectivity index is 1.87. The zero-order chi connectivity index (χ0) is 15.1. The Bertz CT molecular complexity index is 519. The van der Waals surface area contributed by atoms with Gasteiger partial charge in [-0.2, -0.15) is 5.10 Å². The van der Waals surface area contributed by atoms with Crippen molar-refractivity contribution in [2.45, 2.75) is 45.7 Å². The molecule has 0 aliphatic heterocycles. The predicted molar refractivity (Wildman–Crippen MR) is 86.0 cm³/mol. The van der Waals surface area contributed by atoms with Crippen LogP contribution in [0.3, 0.4) is 0 Å². The number of hydrogen-bond acceptors (Lipinski definition) is 3. The molecule has 1 heterocycles. The number of rotatable bonds is 8. The first-order valence-electron chi connectivity index (χ1n) is 7.79. The molecule has 1 N–H and O–H groups in total. The topological polar surface area (TPSA) is 42.7 Å². The molecule has 0 radical (unpaired) electrons. The van der Waals surface area contributed by atoms with E-state index in [1.165, 1.54) is 5.56 Å². The maximum Gasteiger partial charge on any atom is 0.138 e. The molecule has 1 aromatic heterocycles. The summed E-state index contributed by atoms with van der Waals surface area (Å²) in [6, 6.07) is 11.0. The van der Waals surface area contributed by atoms with E-state index in [-0.39, 0.29) is 0 Å². The Labute approximate surface area is 127 Å². The lowest BCUT2D eigenvalue weighted by Gasteiger charge is -2.16. The fraction of sp³-hybridized carbons (Fsp3) is 0.529. The molecule has 1 aromatic carbocycles.